The van der Waals surface area contributed by atoms with Crippen LogP contribution in [-0.2, 0) is 4.79 Å². The molecule has 2 unspecified atom stereocenters. The molecule has 0 aromatic rings. The highest BCUT2D eigenvalue weighted by molar-refractivity contribution is 7.99. The topological polar surface area (TPSA) is 55.1 Å². The minimum absolute atomic E-state index is 0.0333. The minimum atomic E-state index is -0.0333. The van der Waals surface area contributed by atoms with E-state index in [2.05, 4.69) is 5.32 Å². The van der Waals surface area contributed by atoms with Gasteiger partial charge < -0.3 is 11.1 Å². The number of nitrogens with one attached hydrogen (secondary N) is 1. The van der Waals surface area contributed by atoms with Gasteiger partial charge in [0.1, 0.15) is 0 Å². The van der Waals surface area contributed by atoms with Crippen LogP contribution in [0.5, 0.6) is 0 Å². The van der Waals surface area contributed by atoms with Crippen LogP contribution in [0.15, 0.2) is 0 Å². The number of carbonyl (C=O) groups is 1. The molecule has 2 atom stereocenters. The summed E-state index contributed by atoms with van der Waals surface area (Å²) in [6, 6.07) is -0.0333. The number of carbonyl (C=O) groups excluding carboxylic acids is 1. The summed E-state index contributed by atoms with van der Waals surface area (Å²) >= 11 is 1.98. The molecule has 0 saturated carbocycles. The van der Waals surface area contributed by atoms with Crippen molar-refractivity contribution in [2.75, 3.05) is 12.3 Å². The molecule has 0 aromatic carbocycles. The number of amides is 1. The Bertz CT molecular complexity index is 179. The van der Waals surface area contributed by atoms with E-state index in [9.17, 15) is 4.79 Å². The van der Waals surface area contributed by atoms with Gasteiger partial charge in [-0.15, -0.1) is 0 Å². The molecular weight excluding hydrogens is 196 g/mol. The Morgan fingerprint density at radius 2 is 2.43 bits per heavy atom. The van der Waals surface area contributed by atoms with Crippen molar-refractivity contribution in [2.24, 2.45) is 5.73 Å². The lowest BCUT2D eigenvalue weighted by Crippen LogP contribution is -2.35. The Hall–Kier alpha value is -0.220. The van der Waals surface area contributed by atoms with Crippen molar-refractivity contribution in [1.29, 1.82) is 0 Å². The zero-order valence-electron chi connectivity index (χ0n) is 8.79. The fraction of sp³-hybridized carbons (Fsp3) is 0.900. The van der Waals surface area contributed by atoms with Gasteiger partial charge in [-0.2, -0.15) is 11.8 Å². The fourth-order valence-electron chi connectivity index (χ4n) is 1.56. The molecule has 0 radical (unpaired) electrons. The van der Waals surface area contributed by atoms with Gasteiger partial charge in [-0.05, 0) is 25.5 Å². The van der Waals surface area contributed by atoms with E-state index in [1.165, 1.54) is 25.0 Å². The van der Waals surface area contributed by atoms with Crippen LogP contribution in [0.3, 0.4) is 0 Å². The highest BCUT2D eigenvalue weighted by Gasteiger charge is 2.14. The molecule has 0 bridgehead atoms. The summed E-state index contributed by atoms with van der Waals surface area (Å²) in [5, 5.41) is 3.57. The van der Waals surface area contributed by atoms with Crippen LogP contribution in [0, 0.1) is 0 Å². The Morgan fingerprint density at radius 3 is 3.00 bits per heavy atom. The number of thioether (sulfide) groups is 1. The Kier molecular flexibility index (Phi) is 5.33. The van der Waals surface area contributed by atoms with Crippen LogP contribution in [0.25, 0.3) is 0 Å². The molecular formula is C10H20N2OS. The predicted molar refractivity (Wildman–Crippen MR) is 61.4 cm³/mol. The second kappa shape index (κ2) is 6.30. The standard InChI is InChI=1S/C10H20N2OS/c1-8(11)6-10(13)12-7-9-4-2-3-5-14-9/h8-9H,2-7,11H2,1H3,(H,12,13). The normalized spacial score (nSPS) is 24.3. The fourth-order valence-corrected chi connectivity index (χ4v) is 2.80. The summed E-state index contributed by atoms with van der Waals surface area (Å²) in [5.41, 5.74) is 5.54. The van der Waals surface area contributed by atoms with Gasteiger partial charge >= 0.3 is 0 Å². The van der Waals surface area contributed by atoms with E-state index in [1.54, 1.807) is 0 Å². The average Bonchev–Trinajstić information content (AvgIpc) is 2.15. The smallest absolute Gasteiger partial charge is 0.221 e. The Labute approximate surface area is 90.2 Å². The largest absolute Gasteiger partial charge is 0.355 e. The predicted octanol–water partition coefficient (Wildman–Crippen LogP) is 1.13. The first-order valence-corrected chi connectivity index (χ1v) is 6.37. The zero-order chi connectivity index (χ0) is 10.4. The van der Waals surface area contributed by atoms with E-state index in [0.29, 0.717) is 11.7 Å². The third-order valence-corrected chi connectivity index (χ3v) is 3.71. The molecule has 0 spiro atoms. The van der Waals surface area contributed by atoms with Crippen molar-refractivity contribution in [3.05, 3.63) is 0 Å². The van der Waals surface area contributed by atoms with E-state index < -0.39 is 0 Å². The molecule has 1 aliphatic rings. The molecule has 1 saturated heterocycles. The Morgan fingerprint density at radius 1 is 1.64 bits per heavy atom. The van der Waals surface area contributed by atoms with Crippen LogP contribution in [0.1, 0.15) is 32.6 Å². The summed E-state index contributed by atoms with van der Waals surface area (Å²) in [5.74, 6) is 1.33. The number of hydrogen-bond donors (Lipinski definition) is 2. The van der Waals surface area contributed by atoms with Crippen molar-refractivity contribution in [3.63, 3.8) is 0 Å². The van der Waals surface area contributed by atoms with Crippen LogP contribution in [0.4, 0.5) is 0 Å². The zero-order valence-corrected chi connectivity index (χ0v) is 9.61. The molecule has 3 nitrogen and oxygen atoms in total. The van der Waals surface area contributed by atoms with Gasteiger partial charge in [-0.25, -0.2) is 0 Å². The number of nitrogens with two attached hydrogens (primary N) is 1. The van der Waals surface area contributed by atoms with Crippen LogP contribution in [0.2, 0.25) is 0 Å². The first-order valence-electron chi connectivity index (χ1n) is 5.32. The summed E-state index contributed by atoms with van der Waals surface area (Å²) < 4.78 is 0. The van der Waals surface area contributed by atoms with E-state index >= 15 is 0 Å². The van der Waals surface area contributed by atoms with Crippen LogP contribution < -0.4 is 11.1 Å². The average molecular weight is 216 g/mol. The highest BCUT2D eigenvalue weighted by atomic mass is 32.2. The SMILES string of the molecule is CC(N)CC(=O)NCC1CCCCS1. The van der Waals surface area contributed by atoms with Gasteiger partial charge in [0, 0.05) is 24.3 Å². The minimum Gasteiger partial charge on any atom is -0.355 e. The van der Waals surface area contributed by atoms with Gasteiger partial charge in [0.15, 0.2) is 0 Å². The first-order chi connectivity index (χ1) is 6.68. The maximum atomic E-state index is 11.3. The third-order valence-electron chi connectivity index (χ3n) is 2.31. The van der Waals surface area contributed by atoms with Crippen molar-refractivity contribution in [3.8, 4) is 0 Å². The van der Waals surface area contributed by atoms with E-state index in [1.807, 2.05) is 18.7 Å². The molecule has 4 heteroatoms. The lowest BCUT2D eigenvalue weighted by atomic mass is 10.2. The van der Waals surface area contributed by atoms with Gasteiger partial charge in [-0.1, -0.05) is 6.42 Å². The highest BCUT2D eigenvalue weighted by Crippen LogP contribution is 2.24. The van der Waals surface area contributed by atoms with E-state index in [4.69, 9.17) is 5.73 Å². The van der Waals surface area contributed by atoms with Crippen LogP contribution in [-0.4, -0.2) is 29.5 Å². The van der Waals surface area contributed by atoms with Gasteiger partial charge in [0.2, 0.25) is 5.91 Å². The molecule has 1 heterocycles. The maximum absolute atomic E-state index is 11.3. The van der Waals surface area contributed by atoms with Crippen molar-refractivity contribution < 1.29 is 4.79 Å². The molecule has 3 N–H and O–H groups in total. The Balaban J connectivity index is 2.09. The lowest BCUT2D eigenvalue weighted by molar-refractivity contribution is -0.121. The molecule has 1 aliphatic heterocycles. The van der Waals surface area contributed by atoms with Crippen LogP contribution >= 0.6 is 11.8 Å². The van der Waals surface area contributed by atoms with Gasteiger partial charge in [0.25, 0.3) is 0 Å². The molecule has 1 amide bonds. The molecule has 1 fully saturated rings. The molecule has 0 aliphatic carbocycles. The van der Waals surface area contributed by atoms with Crippen molar-refractivity contribution >= 4 is 17.7 Å². The first kappa shape index (κ1) is 11.9. The van der Waals surface area contributed by atoms with E-state index in [-0.39, 0.29) is 11.9 Å². The van der Waals surface area contributed by atoms with Gasteiger partial charge in [0.05, 0.1) is 0 Å². The summed E-state index contributed by atoms with van der Waals surface area (Å²) in [6.07, 6.45) is 4.32. The van der Waals surface area contributed by atoms with Gasteiger partial charge in [-0.3, -0.25) is 4.79 Å². The monoisotopic (exact) mass is 216 g/mol. The summed E-state index contributed by atoms with van der Waals surface area (Å²) in [7, 11) is 0. The number of hydrogen-bond acceptors (Lipinski definition) is 3. The number of rotatable bonds is 4. The second-order valence-corrected chi connectivity index (χ2v) is 5.38. The molecule has 14 heavy (non-hydrogen) atoms. The second-order valence-electron chi connectivity index (χ2n) is 3.97. The molecule has 82 valence electrons. The van der Waals surface area contributed by atoms with Crippen molar-refractivity contribution in [1.82, 2.24) is 5.32 Å². The quantitative estimate of drug-likeness (QED) is 0.740. The van der Waals surface area contributed by atoms with E-state index in [0.717, 1.165) is 6.54 Å². The van der Waals surface area contributed by atoms with Crippen molar-refractivity contribution in [2.45, 2.75) is 43.9 Å². The summed E-state index contributed by atoms with van der Waals surface area (Å²) in [6.45, 7) is 2.67. The lowest BCUT2D eigenvalue weighted by Gasteiger charge is -2.21. The molecule has 1 rings (SSSR count). The maximum Gasteiger partial charge on any atom is 0.221 e. The third kappa shape index (κ3) is 4.86. The molecule has 0 aromatic heterocycles. The summed E-state index contributed by atoms with van der Waals surface area (Å²) in [4.78, 5) is 11.3.